The second-order valence-corrected chi connectivity index (χ2v) is 8.05. The van der Waals surface area contributed by atoms with Gasteiger partial charge in [0.25, 0.3) is 11.8 Å². The summed E-state index contributed by atoms with van der Waals surface area (Å²) in [4.78, 5) is 26.8. The third kappa shape index (κ3) is 3.70. The molecule has 0 spiro atoms. The molecule has 3 heterocycles. The van der Waals surface area contributed by atoms with E-state index in [0.717, 1.165) is 0 Å². The number of carbonyl (C=O) groups is 2. The number of benzene rings is 1. The number of ether oxygens (including phenoxy) is 4. The molecule has 1 aromatic rings. The topological polar surface area (TPSA) is 86.3 Å². The molecule has 4 rings (SSSR count). The molecular formula is C19H19ClN2O6S. The Bertz CT molecular complexity index is 902. The van der Waals surface area contributed by atoms with Crippen molar-refractivity contribution in [3.05, 3.63) is 40.9 Å². The van der Waals surface area contributed by atoms with Crippen LogP contribution in [0.4, 0.5) is 5.69 Å². The van der Waals surface area contributed by atoms with Crippen LogP contribution in [0.3, 0.4) is 0 Å². The standard InChI is InChI=1S/C19H19ClN2O6S/c1-19(2)27-14-13(25-3)12(26-17(14)28-19)8-11-15(23)21-18(29)22(16(11)24)10-6-4-9(20)5-7-10/h4-8,12-14,17H,1-3H3,(H,21,23,29)/b11-8+/t12-,13+,14?,17?/m1/s1. The van der Waals surface area contributed by atoms with Crippen molar-refractivity contribution in [1.29, 1.82) is 0 Å². The molecule has 0 saturated carbocycles. The Balaban J connectivity index is 1.62. The Kier molecular flexibility index (Phi) is 5.22. The van der Waals surface area contributed by atoms with E-state index >= 15 is 0 Å². The maximum absolute atomic E-state index is 13.1. The molecule has 154 valence electrons. The number of carbonyl (C=O) groups excluding carboxylic acids is 2. The molecule has 2 unspecified atom stereocenters. The van der Waals surface area contributed by atoms with E-state index in [1.165, 1.54) is 18.1 Å². The molecule has 8 nitrogen and oxygen atoms in total. The van der Waals surface area contributed by atoms with E-state index in [2.05, 4.69) is 5.32 Å². The summed E-state index contributed by atoms with van der Waals surface area (Å²) >= 11 is 11.1. The number of amides is 2. The Morgan fingerprint density at radius 2 is 1.93 bits per heavy atom. The third-order valence-electron chi connectivity index (χ3n) is 4.82. The van der Waals surface area contributed by atoms with Crippen molar-refractivity contribution in [2.75, 3.05) is 12.0 Å². The van der Waals surface area contributed by atoms with Crippen molar-refractivity contribution in [3.63, 3.8) is 0 Å². The lowest BCUT2D eigenvalue weighted by molar-refractivity contribution is -0.210. The Morgan fingerprint density at radius 3 is 2.59 bits per heavy atom. The van der Waals surface area contributed by atoms with Gasteiger partial charge in [0.15, 0.2) is 17.2 Å². The zero-order chi connectivity index (χ0) is 20.9. The smallest absolute Gasteiger partial charge is 0.269 e. The molecule has 3 aliphatic rings. The van der Waals surface area contributed by atoms with Crippen molar-refractivity contribution in [1.82, 2.24) is 5.32 Å². The Labute approximate surface area is 177 Å². The van der Waals surface area contributed by atoms with E-state index in [4.69, 9.17) is 42.8 Å². The summed E-state index contributed by atoms with van der Waals surface area (Å²) in [7, 11) is 1.51. The van der Waals surface area contributed by atoms with Crippen LogP contribution in [-0.2, 0) is 28.5 Å². The van der Waals surface area contributed by atoms with Crippen molar-refractivity contribution < 1.29 is 28.5 Å². The van der Waals surface area contributed by atoms with Gasteiger partial charge in [0, 0.05) is 12.1 Å². The summed E-state index contributed by atoms with van der Waals surface area (Å²) in [5, 5.41) is 3.03. The Hall–Kier alpha value is -1.88. The first kappa shape index (κ1) is 20.4. The minimum Gasteiger partial charge on any atom is -0.375 e. The summed E-state index contributed by atoms with van der Waals surface area (Å²) in [6, 6.07) is 6.54. The highest BCUT2D eigenvalue weighted by atomic mass is 35.5. The molecule has 4 atom stereocenters. The van der Waals surface area contributed by atoms with E-state index in [-0.39, 0.29) is 10.7 Å². The van der Waals surface area contributed by atoms with Gasteiger partial charge in [-0.05, 0) is 56.4 Å². The van der Waals surface area contributed by atoms with E-state index < -0.39 is 42.2 Å². The number of halogens is 1. The minimum atomic E-state index is -0.806. The van der Waals surface area contributed by atoms with E-state index in [1.54, 1.807) is 38.1 Å². The van der Waals surface area contributed by atoms with Crippen molar-refractivity contribution in [3.8, 4) is 0 Å². The summed E-state index contributed by atoms with van der Waals surface area (Å²) in [5.41, 5.74) is 0.371. The highest BCUT2D eigenvalue weighted by molar-refractivity contribution is 7.80. The zero-order valence-electron chi connectivity index (χ0n) is 15.9. The second kappa shape index (κ2) is 7.42. The average Bonchev–Trinajstić information content (AvgIpc) is 3.10. The number of anilines is 1. The molecular weight excluding hydrogens is 420 g/mol. The molecule has 1 N–H and O–H groups in total. The second-order valence-electron chi connectivity index (χ2n) is 7.23. The lowest BCUT2D eigenvalue weighted by Crippen LogP contribution is -2.54. The maximum atomic E-state index is 13.1. The van der Waals surface area contributed by atoms with Crippen molar-refractivity contribution >= 4 is 46.4 Å². The van der Waals surface area contributed by atoms with E-state index in [9.17, 15) is 9.59 Å². The maximum Gasteiger partial charge on any atom is 0.269 e. The van der Waals surface area contributed by atoms with Gasteiger partial charge in [0.2, 0.25) is 0 Å². The molecule has 0 aliphatic carbocycles. The number of thiocarbonyl (C=S) groups is 1. The van der Waals surface area contributed by atoms with Crippen LogP contribution >= 0.6 is 23.8 Å². The van der Waals surface area contributed by atoms with Crippen LogP contribution in [0.2, 0.25) is 5.02 Å². The summed E-state index contributed by atoms with van der Waals surface area (Å²) in [6.45, 7) is 3.55. The predicted molar refractivity (Wildman–Crippen MR) is 107 cm³/mol. The first-order valence-corrected chi connectivity index (χ1v) is 9.70. The van der Waals surface area contributed by atoms with Gasteiger partial charge in [-0.2, -0.15) is 0 Å². The summed E-state index contributed by atoms with van der Waals surface area (Å²) < 4.78 is 22.9. The van der Waals surface area contributed by atoms with Gasteiger partial charge < -0.3 is 18.9 Å². The lowest BCUT2D eigenvalue weighted by Gasteiger charge is -2.30. The normalized spacial score (nSPS) is 32.6. The number of fused-ring (bicyclic) bond motifs is 1. The van der Waals surface area contributed by atoms with E-state index in [1.807, 2.05) is 0 Å². The average molecular weight is 439 g/mol. The van der Waals surface area contributed by atoms with Crippen LogP contribution in [0.1, 0.15) is 13.8 Å². The molecule has 10 heteroatoms. The molecule has 29 heavy (non-hydrogen) atoms. The Morgan fingerprint density at radius 1 is 1.24 bits per heavy atom. The molecule has 3 fully saturated rings. The molecule has 2 amide bonds. The number of methoxy groups -OCH3 is 1. The SMILES string of the molecule is CO[C@@H]1C2OC(C)(C)OC2O[C@@H]1/C=C1\C(=O)NC(=S)N(c2ccc(Cl)cc2)C1=O. The number of nitrogens with zero attached hydrogens (tertiary/aromatic N) is 1. The molecule has 1 aromatic carbocycles. The van der Waals surface area contributed by atoms with Crippen LogP contribution in [-0.4, -0.2) is 54.4 Å². The van der Waals surface area contributed by atoms with Gasteiger partial charge in [-0.1, -0.05) is 11.6 Å². The predicted octanol–water partition coefficient (Wildman–Crippen LogP) is 1.91. The molecule has 0 aromatic heterocycles. The van der Waals surface area contributed by atoms with Crippen LogP contribution < -0.4 is 10.2 Å². The monoisotopic (exact) mass is 438 g/mol. The van der Waals surface area contributed by atoms with Gasteiger partial charge in [0.05, 0.1) is 5.69 Å². The minimum absolute atomic E-state index is 0.0135. The van der Waals surface area contributed by atoms with Gasteiger partial charge in [0.1, 0.15) is 23.9 Å². The molecule has 0 bridgehead atoms. The largest absolute Gasteiger partial charge is 0.375 e. The first-order chi connectivity index (χ1) is 13.7. The highest BCUT2D eigenvalue weighted by Crippen LogP contribution is 2.39. The number of hydrogen-bond donors (Lipinski definition) is 1. The summed E-state index contributed by atoms with van der Waals surface area (Å²) in [5.74, 6) is -1.98. The van der Waals surface area contributed by atoms with Gasteiger partial charge >= 0.3 is 0 Å². The fourth-order valence-corrected chi connectivity index (χ4v) is 3.98. The lowest BCUT2D eigenvalue weighted by atomic mass is 10.0. The van der Waals surface area contributed by atoms with Gasteiger partial charge in [-0.15, -0.1) is 0 Å². The summed E-state index contributed by atoms with van der Waals surface area (Å²) in [6.07, 6.45) is -0.976. The fourth-order valence-electron chi connectivity index (χ4n) is 3.57. The fraction of sp³-hybridized carbons (Fsp3) is 0.421. The van der Waals surface area contributed by atoms with Crippen LogP contribution in [0.15, 0.2) is 35.9 Å². The molecule has 0 radical (unpaired) electrons. The molecule has 3 aliphatic heterocycles. The van der Waals surface area contributed by atoms with Crippen LogP contribution in [0.25, 0.3) is 0 Å². The van der Waals surface area contributed by atoms with Crippen molar-refractivity contribution in [2.24, 2.45) is 0 Å². The van der Waals surface area contributed by atoms with E-state index in [0.29, 0.717) is 10.7 Å². The number of nitrogens with one attached hydrogen (secondary N) is 1. The van der Waals surface area contributed by atoms with Gasteiger partial charge in [-0.3, -0.25) is 19.8 Å². The van der Waals surface area contributed by atoms with Crippen LogP contribution in [0, 0.1) is 0 Å². The van der Waals surface area contributed by atoms with Gasteiger partial charge in [-0.25, -0.2) is 0 Å². The zero-order valence-corrected chi connectivity index (χ0v) is 17.5. The quantitative estimate of drug-likeness (QED) is 0.438. The highest BCUT2D eigenvalue weighted by Gasteiger charge is 2.55. The number of rotatable bonds is 3. The first-order valence-electron chi connectivity index (χ1n) is 8.91. The van der Waals surface area contributed by atoms with Crippen LogP contribution in [0.5, 0.6) is 0 Å². The third-order valence-corrected chi connectivity index (χ3v) is 5.35. The number of hydrogen-bond acceptors (Lipinski definition) is 7. The van der Waals surface area contributed by atoms with Crippen molar-refractivity contribution in [2.45, 2.75) is 44.2 Å². The molecule has 3 saturated heterocycles.